The molecule has 0 N–H and O–H groups in total. The minimum Gasteiger partial charge on any atom is -0.481 e. The third-order valence-electron chi connectivity index (χ3n) is 4.30. The average Bonchev–Trinajstić information content (AvgIpc) is 3.23. The highest BCUT2D eigenvalue weighted by molar-refractivity contribution is 5.89. The fourth-order valence-corrected chi connectivity index (χ4v) is 2.94. The second kappa shape index (κ2) is 8.89. The predicted octanol–water partition coefficient (Wildman–Crippen LogP) is 5.21. The summed E-state index contributed by atoms with van der Waals surface area (Å²) < 4.78 is 11.7. The van der Waals surface area contributed by atoms with E-state index >= 15 is 0 Å². The van der Waals surface area contributed by atoms with Gasteiger partial charge in [-0.3, -0.25) is 0 Å². The molecule has 0 aliphatic heterocycles. The lowest BCUT2D eigenvalue weighted by Crippen LogP contribution is -2.23. The lowest BCUT2D eigenvalue weighted by molar-refractivity contribution is 0.0285. The van der Waals surface area contributed by atoms with Crippen LogP contribution in [0.5, 0.6) is 0 Å². The van der Waals surface area contributed by atoms with Crippen LogP contribution >= 0.6 is 0 Å². The van der Waals surface area contributed by atoms with Gasteiger partial charge in [0.1, 0.15) is 6.61 Å². The van der Waals surface area contributed by atoms with Crippen molar-refractivity contribution in [2.24, 2.45) is 0 Å². The van der Waals surface area contributed by atoms with Gasteiger partial charge in [-0.1, -0.05) is 66.9 Å². The third-order valence-corrected chi connectivity index (χ3v) is 4.30. The number of esters is 1. The molecule has 0 radical (unpaired) electrons. The van der Waals surface area contributed by atoms with Gasteiger partial charge in [0.15, 0.2) is 11.9 Å². The van der Waals surface area contributed by atoms with Crippen molar-refractivity contribution in [3.63, 3.8) is 0 Å². The van der Waals surface area contributed by atoms with Gasteiger partial charge < -0.3 is 9.47 Å². The molecule has 0 saturated carbocycles. The van der Waals surface area contributed by atoms with Gasteiger partial charge in [0.25, 0.3) is 0 Å². The van der Waals surface area contributed by atoms with Crippen molar-refractivity contribution in [3.8, 4) is 0 Å². The zero-order chi connectivity index (χ0) is 18.2. The molecule has 3 rings (SSSR count). The van der Waals surface area contributed by atoms with Gasteiger partial charge >= 0.3 is 5.97 Å². The van der Waals surface area contributed by atoms with Crippen LogP contribution in [0.25, 0.3) is 0 Å². The van der Waals surface area contributed by atoms with E-state index in [-0.39, 0.29) is 5.97 Å². The number of ether oxygens (including phenoxy) is 2. The Balaban J connectivity index is 1.76. The van der Waals surface area contributed by atoms with Crippen molar-refractivity contribution < 1.29 is 14.3 Å². The molecule has 1 aliphatic carbocycles. The van der Waals surface area contributed by atoms with Crippen LogP contribution in [0.15, 0.2) is 90.4 Å². The molecule has 2 aromatic rings. The standard InChI is InChI=1S/C23H22O3/c1-2-21(25-17-18-11-5-3-6-12-18)22(19-13-9-10-14-19)26-23(24)20-15-7-4-8-16-20/h3-8,11-13,15-16,22H,1,9-10,14,17H2. The minimum atomic E-state index is -0.577. The predicted molar refractivity (Wildman–Crippen MR) is 101 cm³/mol. The summed E-state index contributed by atoms with van der Waals surface area (Å²) in [4.78, 5) is 12.5. The zero-order valence-electron chi connectivity index (χ0n) is 14.7. The van der Waals surface area contributed by atoms with Gasteiger partial charge in [-0.2, -0.15) is 0 Å². The summed E-state index contributed by atoms with van der Waals surface area (Å²) in [5, 5.41) is 0. The van der Waals surface area contributed by atoms with Crippen LogP contribution in [0, 0.1) is 0 Å². The Kier molecular flexibility index (Phi) is 6.08. The van der Waals surface area contributed by atoms with Gasteiger partial charge in [-0.25, -0.2) is 4.79 Å². The molecule has 0 amide bonds. The molecular weight excluding hydrogens is 324 g/mol. The molecule has 0 saturated heterocycles. The van der Waals surface area contributed by atoms with Gasteiger partial charge in [0.05, 0.1) is 5.56 Å². The quantitative estimate of drug-likeness (QED) is 0.299. The Morgan fingerprint density at radius 3 is 2.38 bits per heavy atom. The molecule has 1 unspecified atom stereocenters. The van der Waals surface area contributed by atoms with Crippen molar-refractivity contribution in [2.45, 2.75) is 32.0 Å². The molecule has 132 valence electrons. The average molecular weight is 346 g/mol. The van der Waals surface area contributed by atoms with Crippen LogP contribution in [0.4, 0.5) is 0 Å². The number of carbonyl (C=O) groups excluding carboxylic acids is 1. The maximum atomic E-state index is 12.5. The van der Waals surface area contributed by atoms with Gasteiger partial charge in [0.2, 0.25) is 0 Å². The summed E-state index contributed by atoms with van der Waals surface area (Å²) in [7, 11) is 0. The molecular formula is C23H22O3. The maximum Gasteiger partial charge on any atom is 0.339 e. The zero-order valence-corrected chi connectivity index (χ0v) is 14.7. The van der Waals surface area contributed by atoms with Crippen molar-refractivity contribution in [1.29, 1.82) is 0 Å². The lowest BCUT2D eigenvalue weighted by Gasteiger charge is -2.21. The van der Waals surface area contributed by atoms with E-state index in [2.05, 4.69) is 18.4 Å². The summed E-state index contributed by atoms with van der Waals surface area (Å²) in [5.74, 6) is 0.0748. The third kappa shape index (κ3) is 4.53. The molecule has 3 nitrogen and oxygen atoms in total. The number of rotatable bonds is 7. The molecule has 3 heteroatoms. The summed E-state index contributed by atoms with van der Waals surface area (Å²) in [6, 6.07) is 18.8. The SMILES string of the molecule is C=C=C(OCc1ccccc1)C(OC(=O)c1ccccc1)C1=CCCC1. The van der Waals surface area contributed by atoms with E-state index < -0.39 is 6.10 Å². The summed E-state index contributed by atoms with van der Waals surface area (Å²) in [6.07, 6.45) is 4.46. The van der Waals surface area contributed by atoms with E-state index in [1.165, 1.54) is 0 Å². The Bertz CT molecular complexity index is 815. The van der Waals surface area contributed by atoms with E-state index in [1.807, 2.05) is 48.5 Å². The molecule has 2 aromatic carbocycles. The van der Waals surface area contributed by atoms with Crippen LogP contribution in [0.3, 0.4) is 0 Å². The Hall–Kier alpha value is -3.03. The number of carbonyl (C=O) groups is 1. The fraction of sp³-hybridized carbons (Fsp3) is 0.217. The number of allylic oxidation sites excluding steroid dienone is 1. The van der Waals surface area contributed by atoms with Crippen LogP contribution < -0.4 is 0 Å². The monoisotopic (exact) mass is 346 g/mol. The smallest absolute Gasteiger partial charge is 0.339 e. The van der Waals surface area contributed by atoms with Gasteiger partial charge in [-0.15, -0.1) is 0 Å². The van der Waals surface area contributed by atoms with E-state index in [4.69, 9.17) is 9.47 Å². The highest BCUT2D eigenvalue weighted by Gasteiger charge is 2.27. The highest BCUT2D eigenvalue weighted by Crippen LogP contribution is 2.28. The Labute approximate surface area is 154 Å². The first-order valence-electron chi connectivity index (χ1n) is 8.79. The molecule has 26 heavy (non-hydrogen) atoms. The first-order chi connectivity index (χ1) is 12.8. The minimum absolute atomic E-state index is 0.375. The van der Waals surface area contributed by atoms with E-state index in [0.717, 1.165) is 30.4 Å². The highest BCUT2D eigenvalue weighted by atomic mass is 16.6. The second-order valence-electron chi connectivity index (χ2n) is 6.14. The fourth-order valence-electron chi connectivity index (χ4n) is 2.94. The van der Waals surface area contributed by atoms with Crippen molar-refractivity contribution in [3.05, 3.63) is 102 Å². The number of hydrogen-bond acceptors (Lipinski definition) is 3. The molecule has 0 heterocycles. The summed E-state index contributed by atoms with van der Waals surface area (Å²) >= 11 is 0. The normalized spacial score (nSPS) is 14.1. The topological polar surface area (TPSA) is 35.5 Å². The summed E-state index contributed by atoms with van der Waals surface area (Å²) in [6.45, 7) is 4.12. The van der Waals surface area contributed by atoms with Crippen LogP contribution in [0.2, 0.25) is 0 Å². The first kappa shape index (κ1) is 17.8. The molecule has 0 spiro atoms. The number of benzene rings is 2. The van der Waals surface area contributed by atoms with Crippen LogP contribution in [-0.4, -0.2) is 12.1 Å². The molecule has 0 aromatic heterocycles. The van der Waals surface area contributed by atoms with Crippen molar-refractivity contribution in [1.82, 2.24) is 0 Å². The van der Waals surface area contributed by atoms with Gasteiger partial charge in [0, 0.05) is 0 Å². The van der Waals surface area contributed by atoms with Gasteiger partial charge in [-0.05, 0) is 42.5 Å². The molecule has 1 atom stereocenters. The first-order valence-corrected chi connectivity index (χ1v) is 8.79. The second-order valence-corrected chi connectivity index (χ2v) is 6.14. The van der Waals surface area contributed by atoms with Crippen molar-refractivity contribution in [2.75, 3.05) is 0 Å². The molecule has 0 fully saturated rings. The largest absolute Gasteiger partial charge is 0.481 e. The van der Waals surface area contributed by atoms with Crippen LogP contribution in [-0.2, 0) is 16.1 Å². The number of hydrogen-bond donors (Lipinski definition) is 0. The van der Waals surface area contributed by atoms with E-state index in [1.54, 1.807) is 12.1 Å². The Morgan fingerprint density at radius 2 is 1.77 bits per heavy atom. The maximum absolute atomic E-state index is 12.5. The summed E-state index contributed by atoms with van der Waals surface area (Å²) in [5.41, 5.74) is 5.43. The van der Waals surface area contributed by atoms with Crippen molar-refractivity contribution >= 4 is 5.97 Å². The van der Waals surface area contributed by atoms with E-state index in [9.17, 15) is 4.79 Å². The Morgan fingerprint density at radius 1 is 1.08 bits per heavy atom. The molecule has 1 aliphatic rings. The molecule has 0 bridgehead atoms. The van der Waals surface area contributed by atoms with E-state index in [0.29, 0.717) is 17.9 Å². The van der Waals surface area contributed by atoms with Crippen LogP contribution in [0.1, 0.15) is 35.2 Å². The lowest BCUT2D eigenvalue weighted by atomic mass is 10.1.